The lowest BCUT2D eigenvalue weighted by atomic mass is 9.85. The number of nitrogens with one attached hydrogen (secondary N) is 1. The lowest BCUT2D eigenvalue weighted by Gasteiger charge is -2.24. The maximum atomic E-state index is 12.4. The summed E-state index contributed by atoms with van der Waals surface area (Å²) in [5, 5.41) is 3.09. The first kappa shape index (κ1) is 14.8. The molecule has 5 nitrogen and oxygen atoms in total. The van der Waals surface area contributed by atoms with Crippen LogP contribution in [0.25, 0.3) is 16.9 Å². The first-order chi connectivity index (χ1) is 11.8. The molecule has 0 saturated heterocycles. The van der Waals surface area contributed by atoms with E-state index in [0.717, 1.165) is 47.7 Å². The number of fused-ring (bicyclic) bond motifs is 1. The number of anilines is 1. The predicted molar refractivity (Wildman–Crippen MR) is 93.2 cm³/mol. The van der Waals surface area contributed by atoms with E-state index in [-0.39, 0.29) is 11.8 Å². The fraction of sp³-hybridized carbons (Fsp3) is 0.263. The topological polar surface area (TPSA) is 55.6 Å². The summed E-state index contributed by atoms with van der Waals surface area (Å²) in [6.07, 6.45) is 5.00. The molecule has 2 aromatic heterocycles. The quantitative estimate of drug-likeness (QED) is 0.796. The van der Waals surface area contributed by atoms with E-state index < -0.39 is 0 Å². The number of pyridine rings is 1. The lowest BCUT2D eigenvalue weighted by Crippen LogP contribution is -2.28. The predicted octanol–water partition coefficient (Wildman–Crippen LogP) is 3.75. The normalized spacial score (nSPS) is 14.4. The van der Waals surface area contributed by atoms with Crippen molar-refractivity contribution in [3.05, 3.63) is 48.7 Å². The third-order valence-corrected chi connectivity index (χ3v) is 4.61. The van der Waals surface area contributed by atoms with E-state index in [4.69, 9.17) is 9.72 Å². The standard InChI is InChI=1S/C19H19N3O2/c1-24-15-10-8-13(9-11-15)17-18(21-19(23)14-5-4-6-14)22-12-3-2-7-16(22)20-17/h2-3,7-12,14H,4-6H2,1H3,(H,21,23). The maximum absolute atomic E-state index is 12.4. The van der Waals surface area contributed by atoms with Crippen LogP contribution in [-0.2, 0) is 4.79 Å². The van der Waals surface area contributed by atoms with Gasteiger partial charge in [-0.25, -0.2) is 4.98 Å². The number of imidazole rings is 1. The second kappa shape index (κ2) is 6.00. The zero-order valence-electron chi connectivity index (χ0n) is 13.5. The van der Waals surface area contributed by atoms with Crippen LogP contribution < -0.4 is 10.1 Å². The zero-order valence-corrected chi connectivity index (χ0v) is 13.5. The van der Waals surface area contributed by atoms with Crippen LogP contribution in [0.3, 0.4) is 0 Å². The highest BCUT2D eigenvalue weighted by Gasteiger charge is 2.27. The molecule has 1 fully saturated rings. The van der Waals surface area contributed by atoms with Crippen molar-refractivity contribution < 1.29 is 9.53 Å². The minimum Gasteiger partial charge on any atom is -0.497 e. The molecule has 1 saturated carbocycles. The number of carbonyl (C=O) groups excluding carboxylic acids is 1. The molecule has 1 aliphatic carbocycles. The molecule has 0 atom stereocenters. The SMILES string of the molecule is COc1ccc(-c2nc3ccccn3c2NC(=O)C2CCC2)cc1. The highest BCUT2D eigenvalue weighted by Crippen LogP contribution is 2.32. The Kier molecular flexibility index (Phi) is 3.69. The Morgan fingerprint density at radius 2 is 2.00 bits per heavy atom. The molecule has 5 heteroatoms. The van der Waals surface area contributed by atoms with Gasteiger partial charge in [0.2, 0.25) is 5.91 Å². The Morgan fingerprint density at radius 3 is 2.67 bits per heavy atom. The number of hydrogen-bond acceptors (Lipinski definition) is 3. The molecule has 0 radical (unpaired) electrons. The Hall–Kier alpha value is -2.82. The highest BCUT2D eigenvalue weighted by atomic mass is 16.5. The van der Waals surface area contributed by atoms with Crippen LogP contribution in [0.4, 0.5) is 5.82 Å². The van der Waals surface area contributed by atoms with Gasteiger partial charge in [0.25, 0.3) is 0 Å². The summed E-state index contributed by atoms with van der Waals surface area (Å²) in [6.45, 7) is 0. The van der Waals surface area contributed by atoms with Gasteiger partial charge in [0, 0.05) is 17.7 Å². The van der Waals surface area contributed by atoms with Crippen molar-refractivity contribution in [3.8, 4) is 17.0 Å². The highest BCUT2D eigenvalue weighted by molar-refractivity contribution is 5.96. The molecule has 2 heterocycles. The van der Waals surface area contributed by atoms with Crippen LogP contribution in [0.5, 0.6) is 5.75 Å². The van der Waals surface area contributed by atoms with E-state index in [2.05, 4.69) is 5.32 Å². The summed E-state index contributed by atoms with van der Waals surface area (Å²) in [6, 6.07) is 13.5. The molecular weight excluding hydrogens is 302 g/mol. The van der Waals surface area contributed by atoms with Crippen molar-refractivity contribution in [2.45, 2.75) is 19.3 Å². The molecule has 0 spiro atoms. The summed E-state index contributed by atoms with van der Waals surface area (Å²) < 4.78 is 7.14. The number of methoxy groups -OCH3 is 1. The van der Waals surface area contributed by atoms with Gasteiger partial charge in [-0.3, -0.25) is 9.20 Å². The molecule has 0 bridgehead atoms. The molecule has 3 aromatic rings. The van der Waals surface area contributed by atoms with Gasteiger partial charge in [0.05, 0.1) is 7.11 Å². The number of carbonyl (C=O) groups is 1. The molecule has 1 aromatic carbocycles. The van der Waals surface area contributed by atoms with Gasteiger partial charge in [-0.05, 0) is 49.2 Å². The summed E-state index contributed by atoms with van der Waals surface area (Å²) in [5.74, 6) is 1.74. The van der Waals surface area contributed by atoms with Gasteiger partial charge in [0.1, 0.15) is 22.9 Å². The number of ether oxygens (including phenoxy) is 1. The minimum atomic E-state index is 0.0849. The summed E-state index contributed by atoms with van der Waals surface area (Å²) >= 11 is 0. The molecule has 1 amide bonds. The van der Waals surface area contributed by atoms with E-state index in [1.807, 2.05) is 53.1 Å². The van der Waals surface area contributed by atoms with Crippen molar-refractivity contribution in [1.82, 2.24) is 9.38 Å². The van der Waals surface area contributed by atoms with Crippen LogP contribution >= 0.6 is 0 Å². The van der Waals surface area contributed by atoms with Crippen molar-refractivity contribution in [1.29, 1.82) is 0 Å². The number of amides is 1. The minimum absolute atomic E-state index is 0.0849. The first-order valence-electron chi connectivity index (χ1n) is 8.18. The Balaban J connectivity index is 1.77. The summed E-state index contributed by atoms with van der Waals surface area (Å²) in [5.41, 5.74) is 2.53. The van der Waals surface area contributed by atoms with E-state index in [1.165, 1.54) is 0 Å². The zero-order chi connectivity index (χ0) is 16.5. The number of aromatic nitrogens is 2. The van der Waals surface area contributed by atoms with Crippen LogP contribution in [0.15, 0.2) is 48.7 Å². The van der Waals surface area contributed by atoms with Crippen LogP contribution in [0.2, 0.25) is 0 Å². The second-order valence-electron chi connectivity index (χ2n) is 6.08. The molecule has 1 N–H and O–H groups in total. The average Bonchev–Trinajstić information content (AvgIpc) is 2.92. The van der Waals surface area contributed by atoms with Gasteiger partial charge in [0.15, 0.2) is 0 Å². The van der Waals surface area contributed by atoms with Gasteiger partial charge in [-0.1, -0.05) is 12.5 Å². The maximum Gasteiger partial charge on any atom is 0.228 e. The third kappa shape index (κ3) is 2.52. The summed E-state index contributed by atoms with van der Waals surface area (Å²) in [4.78, 5) is 17.2. The fourth-order valence-electron chi connectivity index (χ4n) is 2.95. The monoisotopic (exact) mass is 321 g/mol. The first-order valence-corrected chi connectivity index (χ1v) is 8.18. The number of benzene rings is 1. The van der Waals surface area contributed by atoms with Crippen molar-refractivity contribution in [3.63, 3.8) is 0 Å². The Bertz CT molecular complexity index is 879. The van der Waals surface area contributed by atoms with E-state index >= 15 is 0 Å². The molecule has 4 rings (SSSR count). The smallest absolute Gasteiger partial charge is 0.228 e. The molecule has 0 aliphatic heterocycles. The van der Waals surface area contributed by atoms with E-state index in [0.29, 0.717) is 0 Å². The average molecular weight is 321 g/mol. The summed E-state index contributed by atoms with van der Waals surface area (Å²) in [7, 11) is 1.64. The van der Waals surface area contributed by atoms with Gasteiger partial charge in [-0.15, -0.1) is 0 Å². The van der Waals surface area contributed by atoms with Crippen molar-refractivity contribution in [2.24, 2.45) is 5.92 Å². The van der Waals surface area contributed by atoms with E-state index in [9.17, 15) is 4.79 Å². The van der Waals surface area contributed by atoms with Crippen LogP contribution in [-0.4, -0.2) is 22.4 Å². The van der Waals surface area contributed by atoms with Gasteiger partial charge >= 0.3 is 0 Å². The Morgan fingerprint density at radius 1 is 1.21 bits per heavy atom. The second-order valence-corrected chi connectivity index (χ2v) is 6.08. The molecule has 0 unspecified atom stereocenters. The third-order valence-electron chi connectivity index (χ3n) is 4.61. The fourth-order valence-corrected chi connectivity index (χ4v) is 2.95. The number of nitrogens with zero attached hydrogens (tertiary/aromatic N) is 2. The number of hydrogen-bond donors (Lipinski definition) is 1. The molecular formula is C19H19N3O2. The lowest BCUT2D eigenvalue weighted by molar-refractivity contribution is -0.122. The largest absolute Gasteiger partial charge is 0.497 e. The molecule has 1 aliphatic rings. The van der Waals surface area contributed by atoms with Crippen LogP contribution in [0.1, 0.15) is 19.3 Å². The van der Waals surface area contributed by atoms with E-state index in [1.54, 1.807) is 7.11 Å². The number of rotatable bonds is 4. The molecule has 122 valence electrons. The van der Waals surface area contributed by atoms with Crippen LogP contribution in [0, 0.1) is 5.92 Å². The van der Waals surface area contributed by atoms with Crippen molar-refractivity contribution >= 4 is 17.4 Å². The van der Waals surface area contributed by atoms with Gasteiger partial charge < -0.3 is 10.1 Å². The Labute approximate surface area is 140 Å². The van der Waals surface area contributed by atoms with Crippen molar-refractivity contribution in [2.75, 3.05) is 12.4 Å². The molecule has 24 heavy (non-hydrogen) atoms. The van der Waals surface area contributed by atoms with Gasteiger partial charge in [-0.2, -0.15) is 0 Å².